The maximum atomic E-state index is 10.5. The zero-order chi connectivity index (χ0) is 11.4. The summed E-state index contributed by atoms with van der Waals surface area (Å²) in [5, 5.41) is 20.0. The first-order chi connectivity index (χ1) is 7.77. The van der Waals surface area contributed by atoms with Gasteiger partial charge in [-0.25, -0.2) is 0 Å². The molecule has 2 rings (SSSR count). The summed E-state index contributed by atoms with van der Waals surface area (Å²) in [6, 6.07) is 9.29. The smallest absolute Gasteiger partial charge is 0.137 e. The molecule has 0 spiro atoms. The highest BCUT2D eigenvalue weighted by Gasteiger charge is 2.31. The van der Waals surface area contributed by atoms with E-state index >= 15 is 0 Å². The van der Waals surface area contributed by atoms with Gasteiger partial charge in [-0.15, -0.1) is 0 Å². The molecule has 0 fully saturated rings. The molecule has 0 aliphatic heterocycles. The molecule has 0 radical (unpaired) electrons. The molecule has 0 saturated heterocycles. The fraction of sp³-hybridized carbons (Fsp3) is 0.286. The van der Waals surface area contributed by atoms with E-state index in [9.17, 15) is 10.2 Å². The Morgan fingerprint density at radius 2 is 1.88 bits per heavy atom. The highest BCUT2D eigenvalue weighted by molar-refractivity contribution is 5.39. The van der Waals surface area contributed by atoms with Crippen molar-refractivity contribution in [2.24, 2.45) is 0 Å². The number of allylic oxidation sites excluding steroid dienone is 2. The molecule has 1 aromatic carbocycles. The fourth-order valence-corrected chi connectivity index (χ4v) is 1.98. The highest BCUT2D eigenvalue weighted by atomic mass is 16.3. The Balaban J connectivity index is 2.40. The van der Waals surface area contributed by atoms with Crippen LogP contribution in [0, 0.1) is 0 Å². The maximum Gasteiger partial charge on any atom is 0.137 e. The van der Waals surface area contributed by atoms with Crippen molar-refractivity contribution in [1.82, 2.24) is 0 Å². The van der Waals surface area contributed by atoms with Gasteiger partial charge in [0.05, 0.1) is 6.61 Å². The van der Waals surface area contributed by atoms with Crippen LogP contribution in [0.4, 0.5) is 0 Å². The molecule has 0 aromatic heterocycles. The molecule has 2 N–H and O–H groups in total. The summed E-state index contributed by atoms with van der Waals surface area (Å²) in [7, 11) is 0. The van der Waals surface area contributed by atoms with Crippen molar-refractivity contribution >= 4 is 0 Å². The van der Waals surface area contributed by atoms with Crippen molar-refractivity contribution in [3.8, 4) is 0 Å². The van der Waals surface area contributed by atoms with E-state index in [1.165, 1.54) is 0 Å². The summed E-state index contributed by atoms with van der Waals surface area (Å²) in [6.07, 6.45) is 7.83. The Kier molecular flexibility index (Phi) is 3.22. The van der Waals surface area contributed by atoms with Gasteiger partial charge in [-0.1, -0.05) is 48.6 Å². The van der Waals surface area contributed by atoms with E-state index in [1.54, 1.807) is 0 Å². The lowest BCUT2D eigenvalue weighted by Crippen LogP contribution is -2.32. The average molecular weight is 216 g/mol. The van der Waals surface area contributed by atoms with Crippen molar-refractivity contribution in [3.05, 3.63) is 59.7 Å². The first-order valence-corrected chi connectivity index (χ1v) is 5.53. The second-order valence-corrected chi connectivity index (χ2v) is 4.02. The molecule has 0 bridgehead atoms. The maximum absolute atomic E-state index is 10.5. The monoisotopic (exact) mass is 216 g/mol. The van der Waals surface area contributed by atoms with Crippen LogP contribution in [0.5, 0.6) is 0 Å². The van der Waals surface area contributed by atoms with Gasteiger partial charge >= 0.3 is 0 Å². The molecule has 1 aromatic rings. The van der Waals surface area contributed by atoms with Gasteiger partial charge in [0, 0.05) is 0 Å². The summed E-state index contributed by atoms with van der Waals surface area (Å²) in [6.45, 7) is -0.298. The zero-order valence-corrected chi connectivity index (χ0v) is 9.13. The van der Waals surface area contributed by atoms with Crippen molar-refractivity contribution < 1.29 is 10.2 Å². The fourth-order valence-electron chi connectivity index (χ4n) is 1.98. The van der Waals surface area contributed by atoms with Gasteiger partial charge in [-0.05, 0) is 24.0 Å². The molecule has 1 aliphatic rings. The minimum absolute atomic E-state index is 0.298. The standard InChI is InChI=1S/C14H16O2/c15-11-14(16,12-7-3-1-4-8-12)13-9-5-2-6-10-13/h1,3-5,7-10,15-16H,2,6,11H2. The van der Waals surface area contributed by atoms with E-state index in [0.29, 0.717) is 0 Å². The molecule has 2 heteroatoms. The van der Waals surface area contributed by atoms with Gasteiger partial charge in [0.1, 0.15) is 5.60 Å². The third-order valence-electron chi connectivity index (χ3n) is 2.95. The Bertz CT molecular complexity index is 406. The number of hydrogen-bond acceptors (Lipinski definition) is 2. The minimum atomic E-state index is -1.27. The topological polar surface area (TPSA) is 40.5 Å². The Labute approximate surface area is 95.6 Å². The molecule has 0 amide bonds. The summed E-state index contributed by atoms with van der Waals surface area (Å²) < 4.78 is 0. The molecule has 0 saturated carbocycles. The predicted octanol–water partition coefficient (Wildman–Crippen LogP) is 2.14. The number of aliphatic hydroxyl groups is 2. The van der Waals surface area contributed by atoms with Gasteiger partial charge in [-0.2, -0.15) is 0 Å². The molecule has 16 heavy (non-hydrogen) atoms. The summed E-state index contributed by atoms with van der Waals surface area (Å²) in [5.41, 5.74) is 0.251. The molecular formula is C14H16O2. The van der Waals surface area contributed by atoms with Crippen molar-refractivity contribution in [3.63, 3.8) is 0 Å². The van der Waals surface area contributed by atoms with Crippen LogP contribution < -0.4 is 0 Å². The number of rotatable bonds is 3. The van der Waals surface area contributed by atoms with Crippen LogP contribution in [0.25, 0.3) is 0 Å². The Morgan fingerprint density at radius 3 is 2.44 bits per heavy atom. The third kappa shape index (κ3) is 1.94. The van der Waals surface area contributed by atoms with Crippen molar-refractivity contribution in [1.29, 1.82) is 0 Å². The van der Waals surface area contributed by atoms with Gasteiger partial charge in [0.25, 0.3) is 0 Å². The SMILES string of the molecule is OCC(O)(C1=CCCC=C1)c1ccccc1. The average Bonchev–Trinajstić information content (AvgIpc) is 2.40. The normalized spacial score (nSPS) is 19.0. The second-order valence-electron chi connectivity index (χ2n) is 4.02. The predicted molar refractivity (Wildman–Crippen MR) is 63.9 cm³/mol. The number of benzene rings is 1. The van der Waals surface area contributed by atoms with E-state index in [4.69, 9.17) is 0 Å². The molecule has 1 aliphatic carbocycles. The van der Waals surface area contributed by atoms with Crippen LogP contribution >= 0.6 is 0 Å². The highest BCUT2D eigenvalue weighted by Crippen LogP contribution is 2.31. The van der Waals surface area contributed by atoms with E-state index in [1.807, 2.05) is 48.6 Å². The van der Waals surface area contributed by atoms with Crippen LogP contribution in [0.2, 0.25) is 0 Å². The first kappa shape index (κ1) is 11.1. The van der Waals surface area contributed by atoms with Gasteiger partial charge in [0.2, 0.25) is 0 Å². The number of aliphatic hydroxyl groups excluding tert-OH is 1. The summed E-state index contributed by atoms with van der Waals surface area (Å²) in [5.74, 6) is 0. The Morgan fingerprint density at radius 1 is 1.12 bits per heavy atom. The molecular weight excluding hydrogens is 200 g/mol. The van der Waals surface area contributed by atoms with E-state index in [2.05, 4.69) is 0 Å². The third-order valence-corrected chi connectivity index (χ3v) is 2.95. The lowest BCUT2D eigenvalue weighted by atomic mass is 9.84. The second kappa shape index (κ2) is 4.64. The lowest BCUT2D eigenvalue weighted by molar-refractivity contribution is 0.0162. The van der Waals surface area contributed by atoms with Gasteiger partial charge < -0.3 is 10.2 Å². The zero-order valence-electron chi connectivity index (χ0n) is 9.13. The lowest BCUT2D eigenvalue weighted by Gasteiger charge is -2.29. The summed E-state index contributed by atoms with van der Waals surface area (Å²) in [4.78, 5) is 0. The molecule has 0 heterocycles. The van der Waals surface area contributed by atoms with Gasteiger partial charge in [-0.3, -0.25) is 0 Å². The molecule has 84 valence electrons. The first-order valence-electron chi connectivity index (χ1n) is 5.53. The van der Waals surface area contributed by atoms with E-state index < -0.39 is 5.60 Å². The van der Waals surface area contributed by atoms with E-state index in [0.717, 1.165) is 24.0 Å². The van der Waals surface area contributed by atoms with Crippen LogP contribution in [-0.2, 0) is 5.60 Å². The molecule has 1 unspecified atom stereocenters. The van der Waals surface area contributed by atoms with Gasteiger partial charge in [0.15, 0.2) is 0 Å². The van der Waals surface area contributed by atoms with Crippen LogP contribution in [-0.4, -0.2) is 16.8 Å². The molecule has 2 nitrogen and oxygen atoms in total. The van der Waals surface area contributed by atoms with Crippen molar-refractivity contribution in [2.75, 3.05) is 6.61 Å². The largest absolute Gasteiger partial charge is 0.393 e. The van der Waals surface area contributed by atoms with Crippen LogP contribution in [0.1, 0.15) is 18.4 Å². The minimum Gasteiger partial charge on any atom is -0.393 e. The quantitative estimate of drug-likeness (QED) is 0.812. The molecule has 1 atom stereocenters. The summed E-state index contributed by atoms with van der Waals surface area (Å²) >= 11 is 0. The number of hydrogen-bond donors (Lipinski definition) is 2. The van der Waals surface area contributed by atoms with Crippen LogP contribution in [0.15, 0.2) is 54.1 Å². The van der Waals surface area contributed by atoms with Crippen LogP contribution in [0.3, 0.4) is 0 Å². The Hall–Kier alpha value is -1.38. The van der Waals surface area contributed by atoms with E-state index in [-0.39, 0.29) is 6.61 Å². The van der Waals surface area contributed by atoms with Crippen molar-refractivity contribution in [2.45, 2.75) is 18.4 Å².